The summed E-state index contributed by atoms with van der Waals surface area (Å²) in [5, 5.41) is 15.1. The number of aromatic amines is 1. The highest BCUT2D eigenvalue weighted by Gasteiger charge is 2.05. The first-order chi connectivity index (χ1) is 6.40. The lowest BCUT2D eigenvalue weighted by Gasteiger charge is -1.82. The smallest absolute Gasteiger partial charge is 0.192 e. The van der Waals surface area contributed by atoms with Gasteiger partial charge >= 0.3 is 0 Å². The van der Waals surface area contributed by atoms with Crippen LogP contribution in [0.15, 0.2) is 11.7 Å². The van der Waals surface area contributed by atoms with Gasteiger partial charge in [0.1, 0.15) is 5.82 Å². The van der Waals surface area contributed by atoms with Crippen molar-refractivity contribution in [1.82, 2.24) is 20.2 Å². The lowest BCUT2D eigenvalue weighted by atomic mass is 10.4. The van der Waals surface area contributed by atoms with E-state index >= 15 is 0 Å². The highest BCUT2D eigenvalue weighted by atomic mass is 32.1. The van der Waals surface area contributed by atoms with Crippen molar-refractivity contribution in [3.05, 3.63) is 17.5 Å². The SMILES string of the molecule is N#CCc1nc(-c2cncs2)n[nH]1. The van der Waals surface area contributed by atoms with Crippen LogP contribution in [0, 0.1) is 11.3 Å². The second-order valence-electron chi connectivity index (χ2n) is 2.31. The molecule has 0 fully saturated rings. The Labute approximate surface area is 78.1 Å². The zero-order valence-electron chi connectivity index (χ0n) is 6.56. The fraction of sp³-hybridized carbons (Fsp3) is 0.143. The minimum atomic E-state index is 0.256. The van der Waals surface area contributed by atoms with E-state index in [-0.39, 0.29) is 6.42 Å². The monoisotopic (exact) mass is 191 g/mol. The lowest BCUT2D eigenvalue weighted by Crippen LogP contribution is -1.83. The average Bonchev–Trinajstić information content (AvgIpc) is 2.70. The molecule has 0 saturated carbocycles. The molecule has 0 spiro atoms. The zero-order valence-corrected chi connectivity index (χ0v) is 7.38. The standard InChI is InChI=1S/C7H5N5S/c8-2-1-6-10-7(12-11-6)5-3-9-4-13-5/h3-4H,1H2,(H,10,11,12). The summed E-state index contributed by atoms with van der Waals surface area (Å²) >= 11 is 1.47. The van der Waals surface area contributed by atoms with Gasteiger partial charge in [0, 0.05) is 6.20 Å². The summed E-state index contributed by atoms with van der Waals surface area (Å²) in [7, 11) is 0. The van der Waals surface area contributed by atoms with Gasteiger partial charge in [-0.3, -0.25) is 10.1 Å². The van der Waals surface area contributed by atoms with E-state index in [1.165, 1.54) is 11.3 Å². The summed E-state index contributed by atoms with van der Waals surface area (Å²) in [4.78, 5) is 8.94. The van der Waals surface area contributed by atoms with Gasteiger partial charge in [0.25, 0.3) is 0 Å². The van der Waals surface area contributed by atoms with Crippen molar-refractivity contribution in [2.45, 2.75) is 6.42 Å². The van der Waals surface area contributed by atoms with Gasteiger partial charge in [-0.25, -0.2) is 4.98 Å². The zero-order chi connectivity index (χ0) is 9.10. The van der Waals surface area contributed by atoms with Crippen LogP contribution < -0.4 is 0 Å². The maximum Gasteiger partial charge on any atom is 0.192 e. The molecule has 0 aliphatic rings. The highest BCUT2D eigenvalue weighted by molar-refractivity contribution is 7.13. The molecule has 0 saturated heterocycles. The number of thiazole rings is 1. The van der Waals surface area contributed by atoms with Gasteiger partial charge < -0.3 is 0 Å². The molecule has 0 atom stereocenters. The highest BCUT2D eigenvalue weighted by Crippen LogP contribution is 2.18. The minimum absolute atomic E-state index is 0.256. The number of nitrogens with zero attached hydrogens (tertiary/aromatic N) is 4. The van der Waals surface area contributed by atoms with Gasteiger partial charge in [0.2, 0.25) is 0 Å². The summed E-state index contributed by atoms with van der Waals surface area (Å²) in [6.45, 7) is 0. The Balaban J connectivity index is 2.29. The van der Waals surface area contributed by atoms with Gasteiger partial charge in [0.05, 0.1) is 22.9 Å². The molecule has 1 N–H and O–H groups in total. The van der Waals surface area contributed by atoms with Gasteiger partial charge in [-0.2, -0.15) is 10.4 Å². The largest absolute Gasteiger partial charge is 0.262 e. The normalized spacial score (nSPS) is 9.77. The maximum absolute atomic E-state index is 8.41. The Morgan fingerprint density at radius 2 is 2.54 bits per heavy atom. The van der Waals surface area contributed by atoms with Crippen LogP contribution >= 0.6 is 11.3 Å². The van der Waals surface area contributed by atoms with Crippen molar-refractivity contribution in [3.8, 4) is 16.8 Å². The van der Waals surface area contributed by atoms with Crippen LogP contribution in [0.2, 0.25) is 0 Å². The predicted octanol–water partition coefficient (Wildman–Crippen LogP) is 0.994. The summed E-state index contributed by atoms with van der Waals surface area (Å²) < 4.78 is 0. The van der Waals surface area contributed by atoms with Crippen LogP contribution in [0.5, 0.6) is 0 Å². The molecule has 0 amide bonds. The van der Waals surface area contributed by atoms with Crippen molar-refractivity contribution in [1.29, 1.82) is 5.26 Å². The maximum atomic E-state index is 8.41. The van der Waals surface area contributed by atoms with Crippen LogP contribution in [-0.2, 0) is 6.42 Å². The molecule has 0 radical (unpaired) electrons. The Kier molecular flexibility index (Phi) is 2.02. The molecule has 0 aromatic carbocycles. The van der Waals surface area contributed by atoms with Gasteiger partial charge in [-0.05, 0) is 0 Å². The first kappa shape index (κ1) is 7.89. The number of hydrogen-bond acceptors (Lipinski definition) is 5. The van der Waals surface area contributed by atoms with Crippen molar-refractivity contribution >= 4 is 11.3 Å². The number of hydrogen-bond donors (Lipinski definition) is 1. The predicted molar refractivity (Wildman–Crippen MR) is 46.8 cm³/mol. The number of aromatic nitrogens is 4. The molecule has 0 aliphatic heterocycles. The molecule has 0 unspecified atom stereocenters. The van der Waals surface area contributed by atoms with Crippen LogP contribution in [0.25, 0.3) is 10.7 Å². The molecule has 2 rings (SSSR count). The second kappa shape index (κ2) is 3.33. The third kappa shape index (κ3) is 1.55. The Hall–Kier alpha value is -1.74. The molecular formula is C7H5N5S. The molecule has 0 aliphatic carbocycles. The van der Waals surface area contributed by atoms with E-state index in [9.17, 15) is 0 Å². The Bertz CT molecular complexity index is 424. The topological polar surface area (TPSA) is 78.2 Å². The molecule has 2 heterocycles. The van der Waals surface area contributed by atoms with Crippen LogP contribution in [0.1, 0.15) is 5.82 Å². The quantitative estimate of drug-likeness (QED) is 0.767. The van der Waals surface area contributed by atoms with E-state index in [1.54, 1.807) is 11.7 Å². The third-order valence-electron chi connectivity index (χ3n) is 1.43. The van der Waals surface area contributed by atoms with Crippen molar-refractivity contribution in [2.24, 2.45) is 0 Å². The van der Waals surface area contributed by atoms with Crippen LogP contribution in [0.3, 0.4) is 0 Å². The molecular weight excluding hydrogens is 186 g/mol. The van der Waals surface area contributed by atoms with Gasteiger partial charge in [-0.15, -0.1) is 11.3 Å². The van der Waals surface area contributed by atoms with Crippen molar-refractivity contribution < 1.29 is 0 Å². The molecule has 2 aromatic rings. The minimum Gasteiger partial charge on any atom is -0.262 e. The molecule has 64 valence electrons. The summed E-state index contributed by atoms with van der Waals surface area (Å²) in [5.74, 6) is 1.19. The molecule has 13 heavy (non-hydrogen) atoms. The van der Waals surface area contributed by atoms with E-state index in [4.69, 9.17) is 5.26 Å². The first-order valence-corrected chi connectivity index (χ1v) is 4.45. The molecule has 0 bridgehead atoms. The second-order valence-corrected chi connectivity index (χ2v) is 3.19. The average molecular weight is 191 g/mol. The number of H-pyrrole nitrogens is 1. The Morgan fingerprint density at radius 1 is 1.62 bits per heavy atom. The molecule has 5 nitrogen and oxygen atoms in total. The van der Waals surface area contributed by atoms with Crippen LogP contribution in [-0.4, -0.2) is 20.2 Å². The van der Waals surface area contributed by atoms with E-state index in [0.717, 1.165) is 4.88 Å². The lowest BCUT2D eigenvalue weighted by molar-refractivity contribution is 0.996. The van der Waals surface area contributed by atoms with Crippen LogP contribution in [0.4, 0.5) is 0 Å². The summed E-state index contributed by atoms with van der Waals surface area (Å²) in [6, 6.07) is 2.00. The number of nitriles is 1. The third-order valence-corrected chi connectivity index (χ3v) is 2.20. The fourth-order valence-corrected chi connectivity index (χ4v) is 1.44. The van der Waals surface area contributed by atoms with E-state index in [1.807, 2.05) is 6.07 Å². The Morgan fingerprint density at radius 3 is 3.23 bits per heavy atom. The fourth-order valence-electron chi connectivity index (χ4n) is 0.886. The number of rotatable bonds is 2. The van der Waals surface area contributed by atoms with Crippen molar-refractivity contribution in [2.75, 3.05) is 0 Å². The molecule has 2 aromatic heterocycles. The van der Waals surface area contributed by atoms with E-state index in [0.29, 0.717) is 11.6 Å². The van der Waals surface area contributed by atoms with E-state index < -0.39 is 0 Å². The first-order valence-electron chi connectivity index (χ1n) is 3.57. The van der Waals surface area contributed by atoms with Gasteiger partial charge in [0.15, 0.2) is 5.82 Å². The van der Waals surface area contributed by atoms with Crippen molar-refractivity contribution in [3.63, 3.8) is 0 Å². The summed E-state index contributed by atoms with van der Waals surface area (Å²) in [6.07, 6.45) is 1.95. The number of nitrogens with one attached hydrogen (secondary N) is 1. The van der Waals surface area contributed by atoms with E-state index in [2.05, 4.69) is 20.2 Å². The summed E-state index contributed by atoms with van der Waals surface area (Å²) in [5.41, 5.74) is 1.72. The molecule has 6 heteroatoms. The van der Waals surface area contributed by atoms with Gasteiger partial charge in [-0.1, -0.05) is 0 Å².